The number of furan rings is 1. The molecular weight excluding hydrogens is 410 g/mol. The van der Waals surface area contributed by atoms with Crippen LogP contribution in [0.4, 0.5) is 0 Å². The van der Waals surface area contributed by atoms with E-state index in [0.29, 0.717) is 22.6 Å². The molecule has 1 atom stereocenters. The quantitative estimate of drug-likeness (QED) is 0.707. The Morgan fingerprint density at radius 2 is 2.00 bits per heavy atom. The average molecular weight is 428 g/mol. The molecule has 2 aromatic rings. The topological polar surface area (TPSA) is 76.8 Å². The van der Waals surface area contributed by atoms with Crippen LogP contribution in [0.1, 0.15) is 12.2 Å². The highest BCUT2D eigenvalue weighted by molar-refractivity contribution is 9.10. The van der Waals surface area contributed by atoms with Crippen molar-refractivity contribution in [3.05, 3.63) is 52.9 Å². The third-order valence-corrected chi connectivity index (χ3v) is 6.21. The van der Waals surface area contributed by atoms with E-state index in [9.17, 15) is 13.2 Å². The lowest BCUT2D eigenvalue weighted by atomic mass is 10.2. The summed E-state index contributed by atoms with van der Waals surface area (Å²) in [5.74, 6) is 0.993. The summed E-state index contributed by atoms with van der Waals surface area (Å²) in [6.07, 6.45) is 0.432. The summed E-state index contributed by atoms with van der Waals surface area (Å²) in [5.41, 5.74) is 0. The maximum absolute atomic E-state index is 12.7. The SMILES string of the molecule is O=C(COc1ccccc1)N(Cc1ccc(Br)o1)[C@@H]1CCS(=O)(=O)C1. The minimum Gasteiger partial charge on any atom is -0.484 e. The van der Waals surface area contributed by atoms with Crippen molar-refractivity contribution in [2.24, 2.45) is 0 Å². The number of benzene rings is 1. The minimum atomic E-state index is -3.10. The molecule has 0 saturated carbocycles. The van der Waals surface area contributed by atoms with Gasteiger partial charge >= 0.3 is 0 Å². The Balaban J connectivity index is 1.71. The zero-order chi connectivity index (χ0) is 17.9. The highest BCUT2D eigenvalue weighted by Gasteiger charge is 2.35. The van der Waals surface area contributed by atoms with Crippen molar-refractivity contribution in [1.82, 2.24) is 4.90 Å². The van der Waals surface area contributed by atoms with Crippen molar-refractivity contribution >= 4 is 31.7 Å². The predicted octanol–water partition coefficient (Wildman–Crippen LogP) is 2.64. The zero-order valence-electron chi connectivity index (χ0n) is 13.4. The number of sulfone groups is 1. The van der Waals surface area contributed by atoms with Gasteiger partial charge in [0.15, 0.2) is 21.1 Å². The largest absolute Gasteiger partial charge is 0.484 e. The van der Waals surface area contributed by atoms with Crippen molar-refractivity contribution in [2.75, 3.05) is 18.1 Å². The lowest BCUT2D eigenvalue weighted by Crippen LogP contribution is -2.43. The molecule has 1 amide bonds. The number of carbonyl (C=O) groups excluding carboxylic acids is 1. The van der Waals surface area contributed by atoms with Gasteiger partial charge in [-0.2, -0.15) is 0 Å². The van der Waals surface area contributed by atoms with E-state index in [1.165, 1.54) is 0 Å². The number of para-hydroxylation sites is 1. The van der Waals surface area contributed by atoms with Crippen LogP contribution in [0.25, 0.3) is 0 Å². The Morgan fingerprint density at radius 3 is 2.60 bits per heavy atom. The van der Waals surface area contributed by atoms with E-state index in [1.807, 2.05) is 18.2 Å². The van der Waals surface area contributed by atoms with Crippen molar-refractivity contribution in [2.45, 2.75) is 19.0 Å². The Labute approximate surface area is 154 Å². The van der Waals surface area contributed by atoms with Crippen LogP contribution in [0.15, 0.2) is 51.6 Å². The predicted molar refractivity (Wildman–Crippen MR) is 96.0 cm³/mol. The molecule has 8 heteroatoms. The first-order chi connectivity index (χ1) is 11.9. The third kappa shape index (κ3) is 4.85. The molecule has 0 aliphatic carbocycles. The summed E-state index contributed by atoms with van der Waals surface area (Å²) < 4.78 is 35.2. The van der Waals surface area contributed by atoms with Gasteiger partial charge in [-0.05, 0) is 46.6 Å². The molecule has 1 saturated heterocycles. The molecule has 1 fully saturated rings. The summed E-state index contributed by atoms with van der Waals surface area (Å²) in [4.78, 5) is 14.2. The van der Waals surface area contributed by atoms with E-state index in [4.69, 9.17) is 9.15 Å². The minimum absolute atomic E-state index is 0.0219. The molecule has 0 N–H and O–H groups in total. The number of hydrogen-bond acceptors (Lipinski definition) is 5. The van der Waals surface area contributed by atoms with Gasteiger partial charge in [0, 0.05) is 6.04 Å². The number of carbonyl (C=O) groups is 1. The van der Waals surface area contributed by atoms with Gasteiger partial charge in [-0.1, -0.05) is 18.2 Å². The number of halogens is 1. The number of hydrogen-bond donors (Lipinski definition) is 0. The highest BCUT2D eigenvalue weighted by Crippen LogP contribution is 2.22. The lowest BCUT2D eigenvalue weighted by molar-refractivity contribution is -0.136. The second kappa shape index (κ2) is 7.61. The first kappa shape index (κ1) is 18.0. The van der Waals surface area contributed by atoms with Gasteiger partial charge in [0.05, 0.1) is 18.1 Å². The highest BCUT2D eigenvalue weighted by atomic mass is 79.9. The molecule has 3 rings (SSSR count). The van der Waals surface area contributed by atoms with E-state index in [1.54, 1.807) is 29.2 Å². The van der Waals surface area contributed by atoms with E-state index in [0.717, 1.165) is 0 Å². The van der Waals surface area contributed by atoms with Crippen molar-refractivity contribution in [1.29, 1.82) is 0 Å². The maximum Gasteiger partial charge on any atom is 0.261 e. The smallest absolute Gasteiger partial charge is 0.261 e. The fraction of sp³-hybridized carbons (Fsp3) is 0.353. The van der Waals surface area contributed by atoms with Gasteiger partial charge in [-0.3, -0.25) is 4.79 Å². The number of rotatable bonds is 6. The van der Waals surface area contributed by atoms with Crippen LogP contribution in [-0.4, -0.2) is 43.4 Å². The first-order valence-corrected chi connectivity index (χ1v) is 10.5. The molecule has 25 heavy (non-hydrogen) atoms. The zero-order valence-corrected chi connectivity index (χ0v) is 15.8. The summed E-state index contributed by atoms with van der Waals surface area (Å²) >= 11 is 3.23. The van der Waals surface area contributed by atoms with Crippen LogP contribution in [0, 0.1) is 0 Å². The van der Waals surface area contributed by atoms with Crippen LogP contribution in [0.2, 0.25) is 0 Å². The van der Waals surface area contributed by atoms with Gasteiger partial charge in [0.1, 0.15) is 11.5 Å². The molecule has 0 spiro atoms. The van der Waals surface area contributed by atoms with Crippen molar-refractivity contribution < 1.29 is 22.4 Å². The Hall–Kier alpha value is -1.80. The fourth-order valence-corrected chi connectivity index (χ4v) is 4.86. The molecular formula is C17H18BrNO5S. The summed E-state index contributed by atoms with van der Waals surface area (Å²) in [7, 11) is -3.10. The summed E-state index contributed by atoms with van der Waals surface area (Å²) in [6.45, 7) is 0.0607. The van der Waals surface area contributed by atoms with E-state index in [-0.39, 0.29) is 36.6 Å². The third-order valence-electron chi connectivity index (χ3n) is 4.03. The number of ether oxygens (including phenoxy) is 1. The second-order valence-corrected chi connectivity index (χ2v) is 8.90. The van der Waals surface area contributed by atoms with E-state index < -0.39 is 9.84 Å². The van der Waals surface area contributed by atoms with Gasteiger partial charge < -0.3 is 14.1 Å². The Morgan fingerprint density at radius 1 is 1.24 bits per heavy atom. The second-order valence-electron chi connectivity index (χ2n) is 5.89. The van der Waals surface area contributed by atoms with Crippen LogP contribution < -0.4 is 4.74 Å². The normalized spacial score (nSPS) is 18.8. The average Bonchev–Trinajstić information content (AvgIpc) is 3.16. The van der Waals surface area contributed by atoms with Crippen molar-refractivity contribution in [3.63, 3.8) is 0 Å². The molecule has 6 nitrogen and oxygen atoms in total. The molecule has 1 aromatic heterocycles. The molecule has 1 aliphatic rings. The molecule has 0 bridgehead atoms. The van der Waals surface area contributed by atoms with Crippen LogP contribution in [-0.2, 0) is 21.2 Å². The van der Waals surface area contributed by atoms with E-state index >= 15 is 0 Å². The summed E-state index contributed by atoms with van der Waals surface area (Å²) in [5, 5.41) is 0. The van der Waals surface area contributed by atoms with Crippen LogP contribution in [0.5, 0.6) is 5.75 Å². The van der Waals surface area contributed by atoms with Crippen molar-refractivity contribution in [3.8, 4) is 5.75 Å². The molecule has 0 radical (unpaired) electrons. The van der Waals surface area contributed by atoms with Gasteiger partial charge in [0.25, 0.3) is 5.91 Å². The molecule has 0 unspecified atom stereocenters. The Bertz CT molecular complexity index is 834. The summed E-state index contributed by atoms with van der Waals surface area (Å²) in [6, 6.07) is 12.2. The first-order valence-electron chi connectivity index (χ1n) is 7.85. The monoisotopic (exact) mass is 427 g/mol. The molecule has 1 aliphatic heterocycles. The maximum atomic E-state index is 12.7. The molecule has 1 aromatic carbocycles. The van der Waals surface area contributed by atoms with Gasteiger partial charge in [0.2, 0.25) is 0 Å². The number of nitrogens with zero attached hydrogens (tertiary/aromatic N) is 1. The fourth-order valence-electron chi connectivity index (χ4n) is 2.79. The standard InChI is InChI=1S/C17H18BrNO5S/c18-16-7-6-15(24-16)10-19(13-8-9-25(21,22)12-13)17(20)11-23-14-4-2-1-3-5-14/h1-7,13H,8-12H2/t13-/m1/s1. The van der Waals surface area contributed by atoms with E-state index in [2.05, 4.69) is 15.9 Å². The Kier molecular flexibility index (Phi) is 5.48. The van der Waals surface area contributed by atoms with Crippen LogP contribution in [0.3, 0.4) is 0 Å². The van der Waals surface area contributed by atoms with Crippen LogP contribution >= 0.6 is 15.9 Å². The lowest BCUT2D eigenvalue weighted by Gasteiger charge is -2.27. The number of amides is 1. The van der Waals surface area contributed by atoms with Gasteiger partial charge in [-0.25, -0.2) is 8.42 Å². The van der Waals surface area contributed by atoms with Gasteiger partial charge in [-0.15, -0.1) is 0 Å². The molecule has 2 heterocycles. The molecule has 134 valence electrons.